The molecule has 2 atom stereocenters. The summed E-state index contributed by atoms with van der Waals surface area (Å²) in [6.07, 6.45) is 6.64. The number of halogens is 2. The second-order valence-corrected chi connectivity index (χ2v) is 11.1. The van der Waals surface area contributed by atoms with E-state index in [4.69, 9.17) is 5.73 Å². The van der Waals surface area contributed by atoms with Crippen LogP contribution in [0, 0.1) is 17.0 Å². The number of aromatic nitrogens is 3. The maximum atomic E-state index is 15.6. The number of pyridine rings is 3. The van der Waals surface area contributed by atoms with Crippen molar-refractivity contribution in [1.29, 1.82) is 0 Å². The van der Waals surface area contributed by atoms with Gasteiger partial charge < -0.3 is 25.6 Å². The Kier molecular flexibility index (Phi) is 5.12. The Morgan fingerprint density at radius 1 is 1.23 bits per heavy atom. The highest BCUT2D eigenvalue weighted by Gasteiger charge is 2.56. The van der Waals surface area contributed by atoms with Gasteiger partial charge in [0.25, 0.3) is 0 Å². The molecule has 7 rings (SSSR count). The highest BCUT2D eigenvalue weighted by atomic mass is 19.2. The molecule has 9 nitrogen and oxygen atoms in total. The third-order valence-electron chi connectivity index (χ3n) is 8.83. The highest BCUT2D eigenvalue weighted by molar-refractivity contribution is 5.98. The van der Waals surface area contributed by atoms with Gasteiger partial charge in [-0.3, -0.25) is 9.78 Å². The molecule has 1 saturated carbocycles. The number of aryl methyl sites for hydroxylation is 1. The molecule has 4 aromatic rings. The fraction of sp³-hybridized carbons (Fsp3) is 0.310. The number of rotatable bonds is 4. The van der Waals surface area contributed by atoms with E-state index >= 15 is 4.39 Å². The molecule has 1 aromatic carbocycles. The molecule has 0 amide bonds. The number of anilines is 2. The number of carboxylic acids is 1. The van der Waals surface area contributed by atoms with Gasteiger partial charge in [0.05, 0.1) is 16.8 Å². The molecule has 0 radical (unpaired) electrons. The summed E-state index contributed by atoms with van der Waals surface area (Å²) in [5, 5.41) is 12.7. The third kappa shape index (κ3) is 3.33. The molecule has 11 heteroatoms. The number of nitrogens with two attached hydrogens (primary N) is 1. The maximum Gasteiger partial charge on any atom is 0.341 e. The number of carboxylic acid groups (broad SMARTS) is 1. The number of hydrogen-bond acceptors (Lipinski definition) is 7. The van der Waals surface area contributed by atoms with E-state index in [2.05, 4.69) is 20.2 Å². The quantitative estimate of drug-likeness (QED) is 0.314. The van der Waals surface area contributed by atoms with Gasteiger partial charge in [-0.2, -0.15) is 0 Å². The van der Waals surface area contributed by atoms with Gasteiger partial charge in [-0.15, -0.1) is 0 Å². The second-order valence-electron chi connectivity index (χ2n) is 11.1. The lowest BCUT2D eigenvalue weighted by Crippen LogP contribution is -2.24. The molecule has 2 fully saturated rings. The normalized spacial score (nSPS) is 20.7. The summed E-state index contributed by atoms with van der Waals surface area (Å²) in [5.74, 6) is -3.21. The van der Waals surface area contributed by atoms with Crippen molar-refractivity contribution >= 4 is 28.4 Å². The smallest absolute Gasteiger partial charge is 0.341 e. The number of benzene rings is 1. The number of carbonyl (C=O) groups is 1. The standard InChI is InChI=1S/C29H26F2N6O3/c1-33-19-7-18(30)24(31)22-14(19)6-20-23(22)25(37-4-3-29(12-37)8-21(29)32)16(10-34-20)13-5-15-26(38)17(28(39)40)11-36(2)27(15)35-9-13/h5,7,9-11,21,33H,3-4,6,8,12,32H2,1-2H3,(H,39,40)/t21-,29?/m0/s1. The SMILES string of the molecule is CNc1cc(F)c(F)c2c1Cc1ncc(-c3cnc4c(c3)c(=O)c(C(=O)O)cn4C)c(N3CCC4(C[C@@H]4N)C3)c1-2. The zero-order chi connectivity index (χ0) is 28.1. The molecule has 40 heavy (non-hydrogen) atoms. The summed E-state index contributed by atoms with van der Waals surface area (Å²) in [7, 11) is 3.29. The molecule has 1 unspecified atom stereocenters. The van der Waals surface area contributed by atoms with E-state index in [1.807, 2.05) is 0 Å². The number of fused-ring (bicyclic) bond motifs is 4. The van der Waals surface area contributed by atoms with Crippen molar-refractivity contribution in [3.8, 4) is 22.3 Å². The van der Waals surface area contributed by atoms with E-state index in [-0.39, 0.29) is 28.0 Å². The molecule has 1 spiro atoms. The van der Waals surface area contributed by atoms with Gasteiger partial charge >= 0.3 is 5.97 Å². The first-order chi connectivity index (χ1) is 19.1. The van der Waals surface area contributed by atoms with Crippen molar-refractivity contribution in [2.24, 2.45) is 18.2 Å². The van der Waals surface area contributed by atoms with Crippen molar-refractivity contribution < 1.29 is 18.7 Å². The molecule has 2 aliphatic carbocycles. The van der Waals surface area contributed by atoms with Crippen LogP contribution in [0.15, 0.2) is 35.5 Å². The minimum atomic E-state index is -1.33. The van der Waals surface area contributed by atoms with Gasteiger partial charge in [-0.1, -0.05) is 0 Å². The Balaban J connectivity index is 1.51. The monoisotopic (exact) mass is 544 g/mol. The Morgan fingerprint density at radius 3 is 2.67 bits per heavy atom. The average Bonchev–Trinajstić information content (AvgIpc) is 3.25. The van der Waals surface area contributed by atoms with Crippen molar-refractivity contribution in [1.82, 2.24) is 14.5 Å². The minimum Gasteiger partial charge on any atom is -0.477 e. The lowest BCUT2D eigenvalue weighted by Gasteiger charge is -2.26. The number of nitrogens with zero attached hydrogens (tertiary/aromatic N) is 4. The summed E-state index contributed by atoms with van der Waals surface area (Å²) >= 11 is 0. The zero-order valence-electron chi connectivity index (χ0n) is 21.9. The fourth-order valence-electron chi connectivity index (χ4n) is 6.57. The van der Waals surface area contributed by atoms with Gasteiger partial charge in [0.2, 0.25) is 5.43 Å². The number of aromatic carboxylic acids is 1. The van der Waals surface area contributed by atoms with Gasteiger partial charge in [-0.25, -0.2) is 18.6 Å². The van der Waals surface area contributed by atoms with Crippen LogP contribution in [0.25, 0.3) is 33.3 Å². The van der Waals surface area contributed by atoms with E-state index in [1.165, 1.54) is 10.8 Å². The van der Waals surface area contributed by atoms with Gasteiger partial charge in [0.1, 0.15) is 11.2 Å². The van der Waals surface area contributed by atoms with E-state index < -0.39 is 23.0 Å². The predicted molar refractivity (Wildman–Crippen MR) is 147 cm³/mol. The zero-order valence-corrected chi connectivity index (χ0v) is 21.9. The van der Waals surface area contributed by atoms with Crippen molar-refractivity contribution in [3.63, 3.8) is 0 Å². The molecule has 0 bridgehead atoms. The van der Waals surface area contributed by atoms with E-state index in [9.17, 15) is 19.1 Å². The van der Waals surface area contributed by atoms with Crippen LogP contribution in [0.1, 0.15) is 34.5 Å². The summed E-state index contributed by atoms with van der Waals surface area (Å²) in [5.41, 5.74) is 9.90. The first kappa shape index (κ1) is 24.6. The summed E-state index contributed by atoms with van der Waals surface area (Å²) in [4.78, 5) is 36.2. The van der Waals surface area contributed by atoms with E-state index in [1.54, 1.807) is 32.6 Å². The van der Waals surface area contributed by atoms with Crippen LogP contribution in [0.4, 0.5) is 20.2 Å². The lowest BCUT2D eigenvalue weighted by atomic mass is 9.97. The van der Waals surface area contributed by atoms with Gasteiger partial charge in [0.15, 0.2) is 11.6 Å². The molecule has 1 saturated heterocycles. The maximum absolute atomic E-state index is 15.6. The molecule has 4 heterocycles. The molecule has 4 N–H and O–H groups in total. The number of nitrogens with one attached hydrogen (secondary N) is 1. The van der Waals surface area contributed by atoms with Crippen molar-refractivity contribution in [2.45, 2.75) is 25.3 Å². The van der Waals surface area contributed by atoms with Crippen LogP contribution in [0.3, 0.4) is 0 Å². The largest absolute Gasteiger partial charge is 0.477 e. The van der Waals surface area contributed by atoms with E-state index in [0.29, 0.717) is 64.5 Å². The Bertz CT molecular complexity index is 1850. The highest BCUT2D eigenvalue weighted by Crippen LogP contribution is 2.56. The van der Waals surface area contributed by atoms with Crippen molar-refractivity contribution in [2.75, 3.05) is 30.4 Å². The molecule has 1 aliphatic heterocycles. The molecular weight excluding hydrogens is 518 g/mol. The van der Waals surface area contributed by atoms with E-state index in [0.717, 1.165) is 18.9 Å². The molecule has 3 aromatic heterocycles. The second kappa shape index (κ2) is 8.31. The average molecular weight is 545 g/mol. The topological polar surface area (TPSA) is 126 Å². The Morgan fingerprint density at radius 2 is 2.00 bits per heavy atom. The third-order valence-corrected chi connectivity index (χ3v) is 8.83. The number of hydrogen-bond donors (Lipinski definition) is 3. The Labute approximate surface area is 227 Å². The first-order valence-corrected chi connectivity index (χ1v) is 13.1. The fourth-order valence-corrected chi connectivity index (χ4v) is 6.57. The summed E-state index contributed by atoms with van der Waals surface area (Å²) in [6.45, 7) is 1.34. The molecule has 204 valence electrons. The van der Waals surface area contributed by atoms with Crippen LogP contribution < -0.4 is 21.4 Å². The van der Waals surface area contributed by atoms with Gasteiger partial charge in [-0.05, 0) is 24.5 Å². The van der Waals surface area contributed by atoms with Crippen LogP contribution in [-0.4, -0.2) is 51.8 Å². The molecule has 3 aliphatic rings. The van der Waals surface area contributed by atoms with Crippen LogP contribution in [-0.2, 0) is 13.5 Å². The molecular formula is C29H26F2N6O3. The predicted octanol–water partition coefficient (Wildman–Crippen LogP) is 3.51. The van der Waals surface area contributed by atoms with Gasteiger partial charge in [0, 0.05) is 97.7 Å². The van der Waals surface area contributed by atoms with Crippen LogP contribution in [0.5, 0.6) is 0 Å². The summed E-state index contributed by atoms with van der Waals surface area (Å²) < 4.78 is 31.9. The first-order valence-electron chi connectivity index (χ1n) is 13.1. The Hall–Kier alpha value is -4.38. The lowest BCUT2D eigenvalue weighted by molar-refractivity contribution is 0.0695. The van der Waals surface area contributed by atoms with Crippen LogP contribution in [0.2, 0.25) is 0 Å². The minimum absolute atomic E-state index is 0.0144. The van der Waals surface area contributed by atoms with Crippen molar-refractivity contribution in [3.05, 3.63) is 69.4 Å². The van der Waals surface area contributed by atoms with Crippen LogP contribution >= 0.6 is 0 Å². The summed E-state index contributed by atoms with van der Waals surface area (Å²) in [6, 6.07) is 2.86.